The molecule has 1 atom stereocenters. The number of carbonyl (C=O) groups excluding carboxylic acids is 2. The summed E-state index contributed by atoms with van der Waals surface area (Å²) in [5.41, 5.74) is 1.00. The number of amides is 2. The van der Waals surface area contributed by atoms with Gasteiger partial charge in [-0.1, -0.05) is 30.3 Å². The first-order valence-electron chi connectivity index (χ1n) is 12.3. The molecule has 1 N–H and O–H groups in total. The summed E-state index contributed by atoms with van der Waals surface area (Å²) in [4.78, 5) is 27.6. The minimum atomic E-state index is -4.28. The lowest BCUT2D eigenvalue weighted by atomic mass is 10.1. The molecule has 0 bridgehead atoms. The summed E-state index contributed by atoms with van der Waals surface area (Å²) in [6.45, 7) is 5.54. The highest BCUT2D eigenvalue weighted by Gasteiger charge is 2.32. The Hall–Kier alpha value is -3.92. The van der Waals surface area contributed by atoms with Gasteiger partial charge >= 0.3 is 0 Å². The second kappa shape index (κ2) is 13.0. The van der Waals surface area contributed by atoms with Crippen LogP contribution < -0.4 is 14.4 Å². The van der Waals surface area contributed by atoms with Crippen LogP contribution >= 0.6 is 0 Å². The molecule has 0 saturated heterocycles. The van der Waals surface area contributed by atoms with E-state index >= 15 is 0 Å². The first-order chi connectivity index (χ1) is 18.2. The van der Waals surface area contributed by atoms with Crippen molar-refractivity contribution in [1.82, 2.24) is 10.2 Å². The molecule has 10 heteroatoms. The van der Waals surface area contributed by atoms with Crippen molar-refractivity contribution in [3.05, 3.63) is 90.2 Å². The Morgan fingerprint density at radius 1 is 0.947 bits per heavy atom. The number of hydrogen-bond donors (Lipinski definition) is 1. The van der Waals surface area contributed by atoms with Gasteiger partial charge in [-0.25, -0.2) is 12.8 Å². The maximum Gasteiger partial charge on any atom is 0.264 e. The smallest absolute Gasteiger partial charge is 0.264 e. The summed E-state index contributed by atoms with van der Waals surface area (Å²) < 4.78 is 47.4. The predicted molar refractivity (Wildman–Crippen MR) is 144 cm³/mol. The van der Waals surface area contributed by atoms with E-state index in [0.717, 1.165) is 34.1 Å². The van der Waals surface area contributed by atoms with E-state index in [1.807, 2.05) is 37.3 Å². The molecule has 0 aliphatic heterocycles. The lowest BCUT2D eigenvalue weighted by Crippen LogP contribution is -2.51. The predicted octanol–water partition coefficient (Wildman–Crippen LogP) is 3.97. The molecule has 3 rings (SSSR count). The summed E-state index contributed by atoms with van der Waals surface area (Å²) in [5.74, 6) is -0.979. The van der Waals surface area contributed by atoms with Crippen molar-refractivity contribution in [3.63, 3.8) is 0 Å². The van der Waals surface area contributed by atoms with Gasteiger partial charge in [0, 0.05) is 13.1 Å². The number of carbonyl (C=O) groups is 2. The van der Waals surface area contributed by atoms with E-state index in [4.69, 9.17) is 4.74 Å². The molecule has 3 aromatic carbocycles. The largest absolute Gasteiger partial charge is 0.494 e. The van der Waals surface area contributed by atoms with Crippen molar-refractivity contribution in [2.75, 3.05) is 24.0 Å². The number of anilines is 1. The Bertz CT molecular complexity index is 1320. The fourth-order valence-corrected chi connectivity index (χ4v) is 5.24. The van der Waals surface area contributed by atoms with E-state index in [1.54, 1.807) is 26.0 Å². The second-order valence-corrected chi connectivity index (χ2v) is 10.3. The lowest BCUT2D eigenvalue weighted by Gasteiger charge is -2.32. The van der Waals surface area contributed by atoms with Crippen LogP contribution in [0.4, 0.5) is 10.1 Å². The van der Waals surface area contributed by atoms with Crippen molar-refractivity contribution in [3.8, 4) is 5.75 Å². The number of benzene rings is 3. The molecule has 0 heterocycles. The Labute approximate surface area is 223 Å². The van der Waals surface area contributed by atoms with Crippen LogP contribution in [0, 0.1) is 5.82 Å². The minimum Gasteiger partial charge on any atom is -0.494 e. The normalized spacial score (nSPS) is 11.9. The van der Waals surface area contributed by atoms with Crippen LogP contribution in [-0.2, 0) is 26.2 Å². The number of sulfonamides is 1. The van der Waals surface area contributed by atoms with E-state index in [9.17, 15) is 22.4 Å². The molecule has 0 fully saturated rings. The van der Waals surface area contributed by atoms with Gasteiger partial charge in [0.2, 0.25) is 11.8 Å². The fraction of sp³-hybridized carbons (Fsp3) is 0.286. The molecule has 2 amide bonds. The highest BCUT2D eigenvalue weighted by atomic mass is 32.2. The Morgan fingerprint density at radius 3 is 2.16 bits per heavy atom. The van der Waals surface area contributed by atoms with Crippen LogP contribution in [0.2, 0.25) is 0 Å². The number of rotatable bonds is 12. The van der Waals surface area contributed by atoms with Gasteiger partial charge in [0.25, 0.3) is 10.0 Å². The molecule has 202 valence electrons. The molecule has 3 aromatic rings. The summed E-state index contributed by atoms with van der Waals surface area (Å²) in [6, 6.07) is 18.9. The molecular weight excluding hydrogens is 509 g/mol. The molecule has 0 aliphatic carbocycles. The van der Waals surface area contributed by atoms with Gasteiger partial charge in [-0.05, 0) is 74.9 Å². The Morgan fingerprint density at radius 2 is 1.58 bits per heavy atom. The quantitative estimate of drug-likeness (QED) is 0.374. The lowest BCUT2D eigenvalue weighted by molar-refractivity contribution is -0.139. The maximum absolute atomic E-state index is 13.7. The molecule has 0 aromatic heterocycles. The molecule has 1 unspecified atom stereocenters. The zero-order chi connectivity index (χ0) is 27.7. The topological polar surface area (TPSA) is 96.0 Å². The molecule has 0 spiro atoms. The standard InChI is InChI=1S/C28H32FN3O5S/c1-4-30-28(34)21(3)31(19-22-9-7-6-8-10-22)27(33)20-32(24-13-15-25(16-14-24)37-5-2)38(35,36)26-17-11-23(29)12-18-26/h6-18,21H,4-5,19-20H2,1-3H3,(H,30,34). The van der Waals surface area contributed by atoms with Crippen molar-refractivity contribution in [2.24, 2.45) is 0 Å². The van der Waals surface area contributed by atoms with Gasteiger partial charge in [-0.3, -0.25) is 13.9 Å². The summed E-state index contributed by atoms with van der Waals surface area (Å²) in [7, 11) is -4.28. The number of nitrogens with one attached hydrogen (secondary N) is 1. The first-order valence-corrected chi connectivity index (χ1v) is 13.7. The fourth-order valence-electron chi connectivity index (χ4n) is 3.82. The molecule has 38 heavy (non-hydrogen) atoms. The van der Waals surface area contributed by atoms with Gasteiger partial charge in [-0.15, -0.1) is 0 Å². The average Bonchev–Trinajstić information content (AvgIpc) is 2.91. The molecule has 0 aliphatic rings. The molecule has 8 nitrogen and oxygen atoms in total. The monoisotopic (exact) mass is 541 g/mol. The first kappa shape index (κ1) is 28.6. The van der Waals surface area contributed by atoms with Crippen molar-refractivity contribution >= 4 is 27.5 Å². The van der Waals surface area contributed by atoms with Crippen LogP contribution in [0.25, 0.3) is 0 Å². The number of likely N-dealkylation sites (N-methyl/N-ethyl adjacent to an activating group) is 1. The van der Waals surface area contributed by atoms with Gasteiger partial charge in [0.1, 0.15) is 24.2 Å². The van der Waals surface area contributed by atoms with E-state index < -0.39 is 34.3 Å². The Balaban J connectivity index is 2.02. The van der Waals surface area contributed by atoms with E-state index in [0.29, 0.717) is 18.9 Å². The highest BCUT2D eigenvalue weighted by molar-refractivity contribution is 7.92. The molecular formula is C28H32FN3O5S. The van der Waals surface area contributed by atoms with Gasteiger partial charge in [-0.2, -0.15) is 0 Å². The van der Waals surface area contributed by atoms with Gasteiger partial charge in [0.15, 0.2) is 0 Å². The number of ether oxygens (including phenoxy) is 1. The van der Waals surface area contributed by atoms with Crippen LogP contribution in [0.1, 0.15) is 26.3 Å². The van der Waals surface area contributed by atoms with Crippen LogP contribution in [0.5, 0.6) is 5.75 Å². The van der Waals surface area contributed by atoms with Crippen LogP contribution in [0.15, 0.2) is 83.8 Å². The zero-order valence-electron chi connectivity index (χ0n) is 21.6. The van der Waals surface area contributed by atoms with E-state index in [1.165, 1.54) is 17.0 Å². The third kappa shape index (κ3) is 7.10. The zero-order valence-corrected chi connectivity index (χ0v) is 22.4. The summed E-state index contributed by atoms with van der Waals surface area (Å²) >= 11 is 0. The van der Waals surface area contributed by atoms with Crippen LogP contribution in [-0.4, -0.2) is 50.9 Å². The second-order valence-electron chi connectivity index (χ2n) is 8.47. The Kier molecular flexibility index (Phi) is 9.84. The van der Waals surface area contributed by atoms with Crippen molar-refractivity contribution < 1.29 is 27.1 Å². The van der Waals surface area contributed by atoms with Gasteiger partial charge in [0.05, 0.1) is 17.2 Å². The average molecular weight is 542 g/mol. The van der Waals surface area contributed by atoms with Crippen molar-refractivity contribution in [1.29, 1.82) is 0 Å². The summed E-state index contributed by atoms with van der Waals surface area (Å²) in [5, 5.41) is 2.72. The van der Waals surface area contributed by atoms with Crippen LogP contribution in [0.3, 0.4) is 0 Å². The number of halogens is 1. The van der Waals surface area contributed by atoms with Gasteiger partial charge < -0.3 is 15.0 Å². The SMILES string of the molecule is CCNC(=O)C(C)N(Cc1ccccc1)C(=O)CN(c1ccc(OCC)cc1)S(=O)(=O)c1ccc(F)cc1. The van der Waals surface area contributed by atoms with E-state index in [2.05, 4.69) is 5.32 Å². The minimum absolute atomic E-state index is 0.103. The maximum atomic E-state index is 13.7. The molecule has 0 saturated carbocycles. The summed E-state index contributed by atoms with van der Waals surface area (Å²) in [6.07, 6.45) is 0. The highest BCUT2D eigenvalue weighted by Crippen LogP contribution is 2.27. The third-order valence-electron chi connectivity index (χ3n) is 5.83. The third-order valence-corrected chi connectivity index (χ3v) is 7.62. The molecule has 0 radical (unpaired) electrons. The van der Waals surface area contributed by atoms with Crippen molar-refractivity contribution in [2.45, 2.75) is 38.3 Å². The van der Waals surface area contributed by atoms with E-state index in [-0.39, 0.29) is 23.0 Å². The number of hydrogen-bond acceptors (Lipinski definition) is 5. The number of nitrogens with zero attached hydrogens (tertiary/aromatic N) is 2.